The summed E-state index contributed by atoms with van der Waals surface area (Å²) in [6, 6.07) is 0. The molecule has 0 atom stereocenters. The minimum Gasteiger partial charge on any atom is -0.293 e. The molecule has 0 N–H and O–H groups in total. The number of halogens is 1. The van der Waals surface area contributed by atoms with Crippen molar-refractivity contribution in [3.05, 3.63) is 20.8 Å². The predicted molar refractivity (Wildman–Crippen MR) is 76.7 cm³/mol. The summed E-state index contributed by atoms with van der Waals surface area (Å²) in [5.41, 5.74) is 0.829. The monoisotopic (exact) mass is 314 g/mol. The molecule has 1 fully saturated rings. The average molecular weight is 315 g/mol. The molecular formula is C14H19BrOS. The lowest BCUT2D eigenvalue weighted by atomic mass is 9.73. The number of ketones is 1. The molecule has 1 aliphatic carbocycles. The van der Waals surface area contributed by atoms with Gasteiger partial charge in [0, 0.05) is 26.2 Å². The minimum atomic E-state index is -0.0717. The molecule has 1 saturated carbocycles. The van der Waals surface area contributed by atoms with E-state index >= 15 is 0 Å². The second-order valence-corrected chi connectivity index (χ2v) is 7.15. The lowest BCUT2D eigenvalue weighted by Crippen LogP contribution is -2.29. The van der Waals surface area contributed by atoms with Crippen LogP contribution >= 0.6 is 27.3 Å². The van der Waals surface area contributed by atoms with Crippen LogP contribution in [0.25, 0.3) is 0 Å². The molecule has 0 unspecified atom stereocenters. The Morgan fingerprint density at radius 1 is 1.41 bits per heavy atom. The van der Waals surface area contributed by atoms with Crippen molar-refractivity contribution in [3.8, 4) is 0 Å². The topological polar surface area (TPSA) is 17.1 Å². The standard InChI is InChI=1S/C14H19BrOS/c1-10(2)7-14(5-3-4-6-14)13(16)11-8-17-9-12(11)15/h8-10H,3-7H2,1-2H3. The van der Waals surface area contributed by atoms with Gasteiger partial charge in [-0.1, -0.05) is 26.7 Å². The van der Waals surface area contributed by atoms with Gasteiger partial charge >= 0.3 is 0 Å². The van der Waals surface area contributed by atoms with E-state index in [0.29, 0.717) is 11.7 Å². The summed E-state index contributed by atoms with van der Waals surface area (Å²) < 4.78 is 0.975. The van der Waals surface area contributed by atoms with Gasteiger partial charge in [-0.05, 0) is 41.1 Å². The van der Waals surface area contributed by atoms with E-state index < -0.39 is 0 Å². The van der Waals surface area contributed by atoms with Crippen molar-refractivity contribution in [2.45, 2.75) is 46.0 Å². The van der Waals surface area contributed by atoms with Crippen molar-refractivity contribution < 1.29 is 4.79 Å². The molecule has 0 amide bonds. The van der Waals surface area contributed by atoms with Gasteiger partial charge in [0.15, 0.2) is 5.78 Å². The number of carbonyl (C=O) groups excluding carboxylic acids is 1. The molecular weight excluding hydrogens is 296 g/mol. The molecule has 0 saturated heterocycles. The molecule has 0 radical (unpaired) electrons. The van der Waals surface area contributed by atoms with Gasteiger partial charge in [-0.2, -0.15) is 11.3 Å². The number of carbonyl (C=O) groups is 1. The van der Waals surface area contributed by atoms with E-state index in [1.165, 1.54) is 12.8 Å². The summed E-state index contributed by atoms with van der Waals surface area (Å²) in [7, 11) is 0. The Morgan fingerprint density at radius 3 is 2.53 bits per heavy atom. The Balaban J connectivity index is 2.28. The van der Waals surface area contributed by atoms with Gasteiger partial charge in [-0.25, -0.2) is 0 Å². The van der Waals surface area contributed by atoms with E-state index in [-0.39, 0.29) is 5.41 Å². The van der Waals surface area contributed by atoms with Crippen molar-refractivity contribution in [1.82, 2.24) is 0 Å². The summed E-state index contributed by atoms with van der Waals surface area (Å²) in [5, 5.41) is 4.00. The first-order chi connectivity index (χ1) is 8.05. The first-order valence-electron chi connectivity index (χ1n) is 6.32. The molecule has 0 aliphatic heterocycles. The van der Waals surface area contributed by atoms with Crippen molar-refractivity contribution in [3.63, 3.8) is 0 Å². The maximum absolute atomic E-state index is 12.8. The van der Waals surface area contributed by atoms with Crippen LogP contribution in [0.1, 0.15) is 56.3 Å². The second-order valence-electron chi connectivity index (χ2n) is 5.55. The molecule has 0 spiro atoms. The summed E-state index contributed by atoms with van der Waals surface area (Å²) in [4.78, 5) is 12.8. The zero-order valence-corrected chi connectivity index (χ0v) is 12.9. The minimum absolute atomic E-state index is 0.0717. The quantitative estimate of drug-likeness (QED) is 0.689. The maximum atomic E-state index is 12.8. The highest BCUT2D eigenvalue weighted by molar-refractivity contribution is 9.10. The zero-order chi connectivity index (χ0) is 12.5. The third kappa shape index (κ3) is 2.65. The molecule has 1 aromatic rings. The normalized spacial score (nSPS) is 18.8. The van der Waals surface area contributed by atoms with E-state index in [9.17, 15) is 4.79 Å². The Hall–Kier alpha value is -0.150. The largest absolute Gasteiger partial charge is 0.293 e. The number of Topliss-reactive ketones (excluding diaryl/α,β-unsaturated/α-hetero) is 1. The van der Waals surface area contributed by atoms with Crippen LogP contribution in [0.15, 0.2) is 15.2 Å². The Labute approximate surface area is 116 Å². The molecule has 3 heteroatoms. The van der Waals surface area contributed by atoms with Gasteiger partial charge in [0.25, 0.3) is 0 Å². The summed E-state index contributed by atoms with van der Waals surface area (Å²) in [6.07, 6.45) is 5.60. The molecule has 1 heterocycles. The molecule has 0 bridgehead atoms. The highest BCUT2D eigenvalue weighted by atomic mass is 79.9. The van der Waals surface area contributed by atoms with Crippen LogP contribution in [0.4, 0.5) is 0 Å². The molecule has 2 rings (SSSR count). The van der Waals surface area contributed by atoms with Crippen LogP contribution in [-0.2, 0) is 0 Å². The van der Waals surface area contributed by atoms with Crippen LogP contribution in [0.2, 0.25) is 0 Å². The number of hydrogen-bond acceptors (Lipinski definition) is 2. The van der Waals surface area contributed by atoms with E-state index in [0.717, 1.165) is 29.3 Å². The van der Waals surface area contributed by atoms with E-state index in [2.05, 4.69) is 29.8 Å². The Morgan fingerprint density at radius 2 is 2.06 bits per heavy atom. The first-order valence-corrected chi connectivity index (χ1v) is 8.05. The van der Waals surface area contributed by atoms with Crippen molar-refractivity contribution in [1.29, 1.82) is 0 Å². The third-order valence-electron chi connectivity index (χ3n) is 3.70. The van der Waals surface area contributed by atoms with Crippen molar-refractivity contribution >= 4 is 33.0 Å². The summed E-state index contributed by atoms with van der Waals surface area (Å²) >= 11 is 5.10. The fraction of sp³-hybridized carbons (Fsp3) is 0.643. The average Bonchev–Trinajstić information content (AvgIpc) is 2.86. The molecule has 17 heavy (non-hydrogen) atoms. The molecule has 94 valence electrons. The highest BCUT2D eigenvalue weighted by Gasteiger charge is 2.42. The van der Waals surface area contributed by atoms with Gasteiger partial charge in [0.05, 0.1) is 0 Å². The lowest BCUT2D eigenvalue weighted by Gasteiger charge is -2.29. The summed E-state index contributed by atoms with van der Waals surface area (Å²) in [5.74, 6) is 0.964. The van der Waals surface area contributed by atoms with Gasteiger partial charge in [0.1, 0.15) is 0 Å². The van der Waals surface area contributed by atoms with Crippen molar-refractivity contribution in [2.75, 3.05) is 0 Å². The molecule has 1 aromatic heterocycles. The third-order valence-corrected chi connectivity index (χ3v) is 5.40. The van der Waals surface area contributed by atoms with E-state index in [1.807, 2.05) is 10.8 Å². The summed E-state index contributed by atoms with van der Waals surface area (Å²) in [6.45, 7) is 4.44. The molecule has 1 nitrogen and oxygen atoms in total. The fourth-order valence-corrected chi connectivity index (χ4v) is 4.54. The van der Waals surface area contributed by atoms with Crippen LogP contribution in [0, 0.1) is 11.3 Å². The van der Waals surface area contributed by atoms with Crippen LogP contribution in [-0.4, -0.2) is 5.78 Å². The zero-order valence-electron chi connectivity index (χ0n) is 10.5. The highest BCUT2D eigenvalue weighted by Crippen LogP contribution is 2.46. The van der Waals surface area contributed by atoms with Gasteiger partial charge in [-0.3, -0.25) is 4.79 Å². The molecule has 1 aliphatic rings. The van der Waals surface area contributed by atoms with Crippen LogP contribution in [0.5, 0.6) is 0 Å². The van der Waals surface area contributed by atoms with Crippen LogP contribution in [0.3, 0.4) is 0 Å². The Bertz CT molecular complexity index is 402. The number of hydrogen-bond donors (Lipinski definition) is 0. The van der Waals surface area contributed by atoms with Crippen molar-refractivity contribution in [2.24, 2.45) is 11.3 Å². The first kappa shape index (κ1) is 13.3. The molecule has 0 aromatic carbocycles. The fourth-order valence-electron chi connectivity index (χ4n) is 3.09. The second kappa shape index (κ2) is 5.23. The number of thiophene rings is 1. The van der Waals surface area contributed by atoms with E-state index in [1.54, 1.807) is 11.3 Å². The van der Waals surface area contributed by atoms with Crippen LogP contribution < -0.4 is 0 Å². The smallest absolute Gasteiger partial charge is 0.170 e. The number of rotatable bonds is 4. The predicted octanol–water partition coefficient (Wildman–Crippen LogP) is 5.30. The van der Waals surface area contributed by atoms with Gasteiger partial charge in [-0.15, -0.1) is 0 Å². The maximum Gasteiger partial charge on any atom is 0.170 e. The Kier molecular flexibility index (Phi) is 4.09. The van der Waals surface area contributed by atoms with Gasteiger partial charge in [0.2, 0.25) is 0 Å². The lowest BCUT2D eigenvalue weighted by molar-refractivity contribution is 0.0759. The SMILES string of the molecule is CC(C)CC1(C(=O)c2cscc2Br)CCCC1. The van der Waals surface area contributed by atoms with Gasteiger partial charge < -0.3 is 0 Å². The van der Waals surface area contributed by atoms with E-state index in [4.69, 9.17) is 0 Å².